The summed E-state index contributed by atoms with van der Waals surface area (Å²) < 4.78 is 0. The van der Waals surface area contributed by atoms with E-state index >= 15 is 0 Å². The fourth-order valence-corrected chi connectivity index (χ4v) is 2.42. The number of carbonyl (C=O) groups excluding carboxylic acids is 1. The number of rotatable bonds is 3. The molecule has 5 nitrogen and oxygen atoms in total. The lowest BCUT2D eigenvalue weighted by molar-refractivity contribution is -0.149. The van der Waals surface area contributed by atoms with Gasteiger partial charge in [-0.05, 0) is 19.8 Å². The summed E-state index contributed by atoms with van der Waals surface area (Å²) in [6.07, 6.45) is 2.29. The van der Waals surface area contributed by atoms with Crippen molar-refractivity contribution in [3.63, 3.8) is 0 Å². The van der Waals surface area contributed by atoms with Crippen molar-refractivity contribution in [2.45, 2.75) is 32.2 Å². The SMILES string of the molecule is CC1(C(=O)O)CCCC1NC(=O)C1CNC1. The molecule has 2 fully saturated rings. The summed E-state index contributed by atoms with van der Waals surface area (Å²) in [6.45, 7) is 3.15. The highest BCUT2D eigenvalue weighted by Crippen LogP contribution is 2.38. The van der Waals surface area contributed by atoms with E-state index in [0.29, 0.717) is 19.5 Å². The molecule has 1 aliphatic carbocycles. The molecule has 16 heavy (non-hydrogen) atoms. The van der Waals surface area contributed by atoms with Crippen LogP contribution in [-0.2, 0) is 9.59 Å². The van der Waals surface area contributed by atoms with Gasteiger partial charge in [-0.25, -0.2) is 0 Å². The first-order chi connectivity index (χ1) is 7.54. The molecule has 0 spiro atoms. The van der Waals surface area contributed by atoms with Gasteiger partial charge in [0.05, 0.1) is 11.3 Å². The number of hydrogen-bond acceptors (Lipinski definition) is 3. The van der Waals surface area contributed by atoms with Crippen molar-refractivity contribution in [1.29, 1.82) is 0 Å². The summed E-state index contributed by atoms with van der Waals surface area (Å²) in [5.41, 5.74) is -0.785. The first-order valence-electron chi connectivity index (χ1n) is 5.78. The Morgan fingerprint density at radius 2 is 2.12 bits per heavy atom. The minimum Gasteiger partial charge on any atom is -0.481 e. The average molecular weight is 226 g/mol. The van der Waals surface area contributed by atoms with Crippen LogP contribution in [0.3, 0.4) is 0 Å². The van der Waals surface area contributed by atoms with E-state index in [1.54, 1.807) is 6.92 Å². The van der Waals surface area contributed by atoms with E-state index < -0.39 is 11.4 Å². The van der Waals surface area contributed by atoms with Crippen molar-refractivity contribution < 1.29 is 14.7 Å². The highest BCUT2D eigenvalue weighted by molar-refractivity contribution is 5.82. The zero-order chi connectivity index (χ0) is 11.8. The van der Waals surface area contributed by atoms with Gasteiger partial charge < -0.3 is 15.7 Å². The quantitative estimate of drug-likeness (QED) is 0.631. The maximum absolute atomic E-state index is 11.7. The van der Waals surface area contributed by atoms with E-state index in [9.17, 15) is 14.7 Å². The molecule has 0 aromatic heterocycles. The topological polar surface area (TPSA) is 78.4 Å². The minimum atomic E-state index is -0.804. The van der Waals surface area contributed by atoms with Crippen LogP contribution in [0.5, 0.6) is 0 Å². The maximum atomic E-state index is 11.7. The molecule has 1 saturated carbocycles. The van der Waals surface area contributed by atoms with Gasteiger partial charge in [0, 0.05) is 19.1 Å². The van der Waals surface area contributed by atoms with Crippen LogP contribution >= 0.6 is 0 Å². The van der Waals surface area contributed by atoms with E-state index in [2.05, 4.69) is 10.6 Å². The zero-order valence-corrected chi connectivity index (χ0v) is 9.45. The molecule has 0 aromatic carbocycles. The molecule has 1 aliphatic heterocycles. The fraction of sp³-hybridized carbons (Fsp3) is 0.818. The predicted octanol–water partition coefficient (Wildman–Crippen LogP) is -0.0346. The molecule has 0 aromatic rings. The van der Waals surface area contributed by atoms with E-state index in [1.807, 2.05) is 0 Å². The monoisotopic (exact) mass is 226 g/mol. The Morgan fingerprint density at radius 1 is 1.44 bits per heavy atom. The van der Waals surface area contributed by atoms with E-state index in [1.165, 1.54) is 0 Å². The van der Waals surface area contributed by atoms with Crippen LogP contribution in [0.15, 0.2) is 0 Å². The van der Waals surface area contributed by atoms with E-state index in [4.69, 9.17) is 0 Å². The van der Waals surface area contributed by atoms with Crippen molar-refractivity contribution >= 4 is 11.9 Å². The van der Waals surface area contributed by atoms with Gasteiger partial charge in [0.25, 0.3) is 0 Å². The summed E-state index contributed by atoms with van der Waals surface area (Å²) in [5.74, 6) is -0.779. The van der Waals surface area contributed by atoms with Crippen molar-refractivity contribution in [3.05, 3.63) is 0 Å². The second-order valence-corrected chi connectivity index (χ2v) is 5.03. The summed E-state index contributed by atoms with van der Waals surface area (Å²) in [5, 5.41) is 15.1. The number of carboxylic acid groups (broad SMARTS) is 1. The molecule has 1 amide bonds. The van der Waals surface area contributed by atoms with Gasteiger partial charge in [-0.2, -0.15) is 0 Å². The largest absolute Gasteiger partial charge is 0.481 e. The van der Waals surface area contributed by atoms with Crippen molar-refractivity contribution in [3.8, 4) is 0 Å². The first kappa shape index (κ1) is 11.4. The molecular weight excluding hydrogens is 208 g/mol. The predicted molar refractivity (Wildman–Crippen MR) is 57.9 cm³/mol. The number of aliphatic carboxylic acids is 1. The standard InChI is InChI=1S/C11H18N2O3/c1-11(10(15)16)4-2-3-8(11)13-9(14)7-5-12-6-7/h7-8,12H,2-6H2,1H3,(H,13,14)(H,15,16). The van der Waals surface area contributed by atoms with Crippen LogP contribution in [0, 0.1) is 11.3 Å². The summed E-state index contributed by atoms with van der Waals surface area (Å²) in [6, 6.07) is -0.210. The molecule has 90 valence electrons. The van der Waals surface area contributed by atoms with Crippen LogP contribution in [0.25, 0.3) is 0 Å². The first-order valence-corrected chi connectivity index (χ1v) is 5.78. The molecule has 2 atom stereocenters. The van der Waals surface area contributed by atoms with Crippen molar-refractivity contribution in [2.24, 2.45) is 11.3 Å². The third-order valence-corrected chi connectivity index (χ3v) is 3.92. The zero-order valence-electron chi connectivity index (χ0n) is 9.45. The second-order valence-electron chi connectivity index (χ2n) is 5.03. The Labute approximate surface area is 94.6 Å². The molecule has 0 bridgehead atoms. The number of amides is 1. The normalized spacial score (nSPS) is 34.4. The molecule has 2 unspecified atom stereocenters. The number of carboxylic acids is 1. The van der Waals surface area contributed by atoms with Crippen LogP contribution in [-0.4, -0.2) is 36.1 Å². The molecule has 0 radical (unpaired) electrons. The second kappa shape index (κ2) is 4.05. The average Bonchev–Trinajstić information content (AvgIpc) is 2.46. The molecule has 1 saturated heterocycles. The number of hydrogen-bond donors (Lipinski definition) is 3. The van der Waals surface area contributed by atoms with Gasteiger partial charge in [-0.1, -0.05) is 6.42 Å². The Morgan fingerprint density at radius 3 is 2.62 bits per heavy atom. The Hall–Kier alpha value is -1.10. The van der Waals surface area contributed by atoms with Crippen LogP contribution in [0.4, 0.5) is 0 Å². The van der Waals surface area contributed by atoms with Gasteiger partial charge in [-0.3, -0.25) is 9.59 Å². The lowest BCUT2D eigenvalue weighted by atomic mass is 9.84. The lowest BCUT2D eigenvalue weighted by Crippen LogP contribution is -2.55. The highest BCUT2D eigenvalue weighted by atomic mass is 16.4. The third-order valence-electron chi connectivity index (χ3n) is 3.92. The van der Waals surface area contributed by atoms with E-state index in [-0.39, 0.29) is 17.9 Å². The Bertz CT molecular complexity index is 314. The van der Waals surface area contributed by atoms with Gasteiger partial charge in [0.2, 0.25) is 5.91 Å². The lowest BCUT2D eigenvalue weighted by Gasteiger charge is -2.32. The van der Waals surface area contributed by atoms with Crippen LogP contribution < -0.4 is 10.6 Å². The van der Waals surface area contributed by atoms with Gasteiger partial charge >= 0.3 is 5.97 Å². The maximum Gasteiger partial charge on any atom is 0.311 e. The third kappa shape index (κ3) is 1.80. The molecule has 3 N–H and O–H groups in total. The molecule has 5 heteroatoms. The number of carbonyl (C=O) groups is 2. The molecule has 1 heterocycles. The fourth-order valence-electron chi connectivity index (χ4n) is 2.42. The Balaban J connectivity index is 1.98. The van der Waals surface area contributed by atoms with Crippen molar-refractivity contribution in [2.75, 3.05) is 13.1 Å². The van der Waals surface area contributed by atoms with Gasteiger partial charge in [0.15, 0.2) is 0 Å². The highest BCUT2D eigenvalue weighted by Gasteiger charge is 2.46. The molecule has 2 rings (SSSR count). The molecule has 2 aliphatic rings. The van der Waals surface area contributed by atoms with Gasteiger partial charge in [-0.15, -0.1) is 0 Å². The van der Waals surface area contributed by atoms with Crippen LogP contribution in [0.2, 0.25) is 0 Å². The van der Waals surface area contributed by atoms with E-state index in [0.717, 1.165) is 12.8 Å². The Kier molecular flexibility index (Phi) is 2.88. The van der Waals surface area contributed by atoms with Crippen molar-refractivity contribution in [1.82, 2.24) is 10.6 Å². The summed E-state index contributed by atoms with van der Waals surface area (Å²) in [7, 11) is 0. The summed E-state index contributed by atoms with van der Waals surface area (Å²) in [4.78, 5) is 23.0. The van der Waals surface area contributed by atoms with Crippen LogP contribution in [0.1, 0.15) is 26.2 Å². The summed E-state index contributed by atoms with van der Waals surface area (Å²) >= 11 is 0. The smallest absolute Gasteiger partial charge is 0.311 e. The van der Waals surface area contributed by atoms with Gasteiger partial charge in [0.1, 0.15) is 0 Å². The number of nitrogens with one attached hydrogen (secondary N) is 2. The minimum absolute atomic E-state index is 0.00174. The molecular formula is C11H18N2O3.